The van der Waals surface area contributed by atoms with Crippen molar-refractivity contribution >= 4 is 5.91 Å². The molecule has 2 aromatic carbocycles. The smallest absolute Gasteiger partial charge is 0.257 e. The van der Waals surface area contributed by atoms with Crippen LogP contribution in [0.15, 0.2) is 36.4 Å². The zero-order chi connectivity index (χ0) is 17.0. The molecule has 0 saturated carbocycles. The maximum absolute atomic E-state index is 12.5. The average Bonchev–Trinajstić information content (AvgIpc) is 2.54. The Morgan fingerprint density at radius 2 is 1.87 bits per heavy atom. The molecule has 2 aromatic rings. The fourth-order valence-electron chi connectivity index (χ4n) is 2.34. The van der Waals surface area contributed by atoms with E-state index < -0.39 is 0 Å². The number of ether oxygens (including phenoxy) is 2. The second kappa shape index (κ2) is 7.05. The van der Waals surface area contributed by atoms with Crippen molar-refractivity contribution in [3.05, 3.63) is 53.1 Å². The quantitative estimate of drug-likeness (QED) is 0.921. The summed E-state index contributed by atoms with van der Waals surface area (Å²) in [7, 11) is 4.85. The maximum atomic E-state index is 12.5. The van der Waals surface area contributed by atoms with Crippen LogP contribution in [0.3, 0.4) is 0 Å². The Bertz CT molecular complexity index is 712. The molecule has 0 spiro atoms. The van der Waals surface area contributed by atoms with E-state index in [0.717, 1.165) is 11.1 Å². The highest BCUT2D eigenvalue weighted by Crippen LogP contribution is 2.26. The first-order valence-electron chi connectivity index (χ1n) is 7.22. The highest BCUT2D eigenvalue weighted by Gasteiger charge is 2.17. The van der Waals surface area contributed by atoms with E-state index in [0.29, 0.717) is 18.0 Å². The molecule has 23 heavy (non-hydrogen) atoms. The lowest BCUT2D eigenvalue weighted by atomic mass is 10.1. The average molecular weight is 315 g/mol. The van der Waals surface area contributed by atoms with Gasteiger partial charge in [-0.2, -0.15) is 0 Å². The number of rotatable bonds is 5. The summed E-state index contributed by atoms with van der Waals surface area (Å²) >= 11 is 0. The molecule has 0 aliphatic rings. The van der Waals surface area contributed by atoms with Crippen molar-refractivity contribution < 1.29 is 19.4 Å². The standard InChI is InChI=1S/C18H21NO4/c1-12-5-8-15(16(20)9-12)18(21)19(2)11-13-6-7-14(22-3)10-17(13)23-4/h5-10,20H,11H2,1-4H3. The fourth-order valence-corrected chi connectivity index (χ4v) is 2.34. The van der Waals surface area contributed by atoms with Gasteiger partial charge in [-0.05, 0) is 36.8 Å². The summed E-state index contributed by atoms with van der Waals surface area (Å²) in [6.45, 7) is 2.22. The molecule has 0 fully saturated rings. The number of benzene rings is 2. The number of amides is 1. The van der Waals surface area contributed by atoms with Gasteiger partial charge in [0.15, 0.2) is 0 Å². The van der Waals surface area contributed by atoms with Gasteiger partial charge < -0.3 is 19.5 Å². The van der Waals surface area contributed by atoms with Crippen LogP contribution >= 0.6 is 0 Å². The zero-order valence-corrected chi connectivity index (χ0v) is 13.8. The lowest BCUT2D eigenvalue weighted by molar-refractivity contribution is 0.0781. The number of carbonyl (C=O) groups is 1. The van der Waals surface area contributed by atoms with E-state index in [1.165, 1.54) is 4.90 Å². The molecule has 0 radical (unpaired) electrons. The Kier molecular flexibility index (Phi) is 5.11. The lowest BCUT2D eigenvalue weighted by Gasteiger charge is -2.20. The van der Waals surface area contributed by atoms with E-state index in [4.69, 9.17) is 9.47 Å². The van der Waals surface area contributed by atoms with E-state index >= 15 is 0 Å². The monoisotopic (exact) mass is 315 g/mol. The van der Waals surface area contributed by atoms with Crippen LogP contribution in [0.4, 0.5) is 0 Å². The molecule has 0 heterocycles. The van der Waals surface area contributed by atoms with Crippen molar-refractivity contribution in [3.63, 3.8) is 0 Å². The van der Waals surface area contributed by atoms with Crippen molar-refractivity contribution in [3.8, 4) is 17.2 Å². The van der Waals surface area contributed by atoms with Crippen LogP contribution < -0.4 is 9.47 Å². The summed E-state index contributed by atoms with van der Waals surface area (Å²) in [5, 5.41) is 9.96. The summed E-state index contributed by atoms with van der Waals surface area (Å²) in [6, 6.07) is 10.5. The van der Waals surface area contributed by atoms with Gasteiger partial charge in [0, 0.05) is 25.2 Å². The number of phenolic OH excluding ortho intramolecular Hbond substituents is 1. The highest BCUT2D eigenvalue weighted by atomic mass is 16.5. The van der Waals surface area contributed by atoms with Crippen LogP contribution in [0.2, 0.25) is 0 Å². The predicted octanol–water partition coefficient (Wildman–Crippen LogP) is 2.99. The van der Waals surface area contributed by atoms with Crippen LogP contribution in [-0.2, 0) is 6.54 Å². The molecule has 122 valence electrons. The van der Waals surface area contributed by atoms with Gasteiger partial charge in [0.05, 0.1) is 19.8 Å². The molecule has 1 amide bonds. The zero-order valence-electron chi connectivity index (χ0n) is 13.8. The maximum Gasteiger partial charge on any atom is 0.257 e. The van der Waals surface area contributed by atoms with Crippen LogP contribution in [0, 0.1) is 6.92 Å². The van der Waals surface area contributed by atoms with Gasteiger partial charge in [0.2, 0.25) is 0 Å². The second-order valence-electron chi connectivity index (χ2n) is 5.36. The van der Waals surface area contributed by atoms with Crippen molar-refractivity contribution in [1.29, 1.82) is 0 Å². The molecule has 5 nitrogen and oxygen atoms in total. The van der Waals surface area contributed by atoms with Gasteiger partial charge in [-0.3, -0.25) is 4.79 Å². The lowest BCUT2D eigenvalue weighted by Crippen LogP contribution is -2.26. The van der Waals surface area contributed by atoms with Gasteiger partial charge >= 0.3 is 0 Å². The van der Waals surface area contributed by atoms with Crippen molar-refractivity contribution in [2.75, 3.05) is 21.3 Å². The molecule has 5 heteroatoms. The number of aryl methyl sites for hydroxylation is 1. The minimum absolute atomic E-state index is 0.0106. The number of methoxy groups -OCH3 is 2. The Hall–Kier alpha value is -2.69. The first-order chi connectivity index (χ1) is 11.0. The molecule has 1 N–H and O–H groups in total. The summed E-state index contributed by atoms with van der Waals surface area (Å²) in [5.41, 5.74) is 2.04. The van der Waals surface area contributed by atoms with E-state index in [-0.39, 0.29) is 17.2 Å². The molecule has 0 aromatic heterocycles. The molecular formula is C18H21NO4. The fraction of sp³-hybridized carbons (Fsp3) is 0.278. The molecule has 0 aliphatic carbocycles. The Labute approximate surface area is 136 Å². The van der Waals surface area contributed by atoms with Gasteiger partial charge in [0.25, 0.3) is 5.91 Å². The summed E-state index contributed by atoms with van der Waals surface area (Å²) in [5.74, 6) is 1.08. The third kappa shape index (κ3) is 3.74. The van der Waals surface area contributed by atoms with Gasteiger partial charge in [-0.1, -0.05) is 6.07 Å². The largest absolute Gasteiger partial charge is 0.507 e. The third-order valence-corrected chi connectivity index (χ3v) is 3.63. The second-order valence-corrected chi connectivity index (χ2v) is 5.36. The SMILES string of the molecule is COc1ccc(CN(C)C(=O)c2ccc(C)cc2O)c(OC)c1. The predicted molar refractivity (Wildman–Crippen MR) is 88.2 cm³/mol. The van der Waals surface area contributed by atoms with Crippen LogP contribution in [0.5, 0.6) is 17.2 Å². The minimum Gasteiger partial charge on any atom is -0.507 e. The first kappa shape index (κ1) is 16.7. The number of nitrogens with zero attached hydrogens (tertiary/aromatic N) is 1. The number of hydrogen-bond donors (Lipinski definition) is 1. The Morgan fingerprint density at radius 3 is 2.48 bits per heavy atom. The molecule has 0 atom stereocenters. The number of aromatic hydroxyl groups is 1. The van der Waals surface area contributed by atoms with Gasteiger partial charge in [-0.15, -0.1) is 0 Å². The highest BCUT2D eigenvalue weighted by molar-refractivity contribution is 5.96. The van der Waals surface area contributed by atoms with Crippen LogP contribution in [0.1, 0.15) is 21.5 Å². The Balaban J connectivity index is 2.21. The third-order valence-electron chi connectivity index (χ3n) is 3.63. The topological polar surface area (TPSA) is 59.0 Å². The van der Waals surface area contributed by atoms with Crippen LogP contribution in [-0.4, -0.2) is 37.2 Å². The van der Waals surface area contributed by atoms with Gasteiger partial charge in [0.1, 0.15) is 17.2 Å². The van der Waals surface area contributed by atoms with Crippen molar-refractivity contribution in [2.24, 2.45) is 0 Å². The summed E-state index contributed by atoms with van der Waals surface area (Å²) in [6.07, 6.45) is 0. The van der Waals surface area contributed by atoms with Crippen molar-refractivity contribution in [2.45, 2.75) is 13.5 Å². The summed E-state index contributed by atoms with van der Waals surface area (Å²) in [4.78, 5) is 14.0. The molecule has 0 bridgehead atoms. The van der Waals surface area contributed by atoms with Crippen LogP contribution in [0.25, 0.3) is 0 Å². The first-order valence-corrected chi connectivity index (χ1v) is 7.22. The molecule has 0 unspecified atom stereocenters. The normalized spacial score (nSPS) is 10.3. The van der Waals surface area contributed by atoms with E-state index in [9.17, 15) is 9.90 Å². The van der Waals surface area contributed by atoms with Gasteiger partial charge in [-0.25, -0.2) is 0 Å². The summed E-state index contributed by atoms with van der Waals surface area (Å²) < 4.78 is 10.5. The Morgan fingerprint density at radius 1 is 1.13 bits per heavy atom. The molecular weight excluding hydrogens is 294 g/mol. The number of carbonyl (C=O) groups excluding carboxylic acids is 1. The number of hydrogen-bond acceptors (Lipinski definition) is 4. The number of phenols is 1. The van der Waals surface area contributed by atoms with Crippen molar-refractivity contribution in [1.82, 2.24) is 4.90 Å². The van der Waals surface area contributed by atoms with E-state index in [2.05, 4.69) is 0 Å². The van der Waals surface area contributed by atoms with E-state index in [1.54, 1.807) is 45.5 Å². The molecule has 0 saturated heterocycles. The molecule has 0 aliphatic heterocycles. The minimum atomic E-state index is -0.250. The van der Waals surface area contributed by atoms with E-state index in [1.807, 2.05) is 19.1 Å². The molecule has 2 rings (SSSR count).